The largest absolute Gasteiger partial charge is 0.310 e. The number of fused-ring (bicyclic) bond motifs is 1. The summed E-state index contributed by atoms with van der Waals surface area (Å²) in [6.45, 7) is 4.41. The zero-order valence-corrected chi connectivity index (χ0v) is 15.2. The molecule has 0 radical (unpaired) electrons. The van der Waals surface area contributed by atoms with E-state index in [1.54, 1.807) is 18.6 Å². The standard InChI is InChI=1S/C20H20N6O/c1-14(2)20(27)24-19-10-22-18-9-21-17(13-26(18)19)16-8-23-25(12-16)11-15-6-4-3-5-7-15/h3-10,12-14H,11H2,1-2H3,(H,24,27). The van der Waals surface area contributed by atoms with E-state index in [0.717, 1.165) is 11.3 Å². The molecule has 0 atom stereocenters. The molecule has 1 aromatic carbocycles. The third-order valence-corrected chi connectivity index (χ3v) is 4.29. The Kier molecular flexibility index (Phi) is 4.42. The molecule has 3 aromatic heterocycles. The average Bonchev–Trinajstić information content (AvgIpc) is 3.29. The number of rotatable bonds is 5. The molecule has 0 aliphatic heterocycles. The van der Waals surface area contributed by atoms with Crippen LogP contribution in [0.1, 0.15) is 19.4 Å². The molecule has 1 amide bonds. The van der Waals surface area contributed by atoms with Crippen LogP contribution in [-0.4, -0.2) is 30.1 Å². The predicted octanol–water partition coefficient (Wildman–Crippen LogP) is 3.24. The number of carbonyl (C=O) groups excluding carboxylic acids is 1. The summed E-state index contributed by atoms with van der Waals surface area (Å²) in [5.41, 5.74) is 3.53. The van der Waals surface area contributed by atoms with Crippen molar-refractivity contribution in [2.24, 2.45) is 5.92 Å². The van der Waals surface area contributed by atoms with E-state index >= 15 is 0 Å². The van der Waals surface area contributed by atoms with Crippen molar-refractivity contribution in [1.29, 1.82) is 0 Å². The van der Waals surface area contributed by atoms with E-state index in [2.05, 4.69) is 32.5 Å². The van der Waals surface area contributed by atoms with Gasteiger partial charge in [-0.3, -0.25) is 18.9 Å². The Labute approximate surface area is 156 Å². The van der Waals surface area contributed by atoms with Crippen molar-refractivity contribution in [2.45, 2.75) is 20.4 Å². The van der Waals surface area contributed by atoms with E-state index in [-0.39, 0.29) is 11.8 Å². The third kappa shape index (κ3) is 3.57. The lowest BCUT2D eigenvalue weighted by atomic mass is 10.2. The Morgan fingerprint density at radius 3 is 2.67 bits per heavy atom. The summed E-state index contributed by atoms with van der Waals surface area (Å²) in [6.07, 6.45) is 8.95. The number of benzene rings is 1. The highest BCUT2D eigenvalue weighted by atomic mass is 16.1. The van der Waals surface area contributed by atoms with Gasteiger partial charge in [0.05, 0.1) is 30.8 Å². The molecular formula is C20H20N6O. The van der Waals surface area contributed by atoms with Crippen molar-refractivity contribution in [2.75, 3.05) is 5.32 Å². The summed E-state index contributed by atoms with van der Waals surface area (Å²) in [5.74, 6) is 0.475. The van der Waals surface area contributed by atoms with Gasteiger partial charge in [0.1, 0.15) is 5.82 Å². The van der Waals surface area contributed by atoms with E-state index in [9.17, 15) is 4.79 Å². The van der Waals surface area contributed by atoms with Crippen LogP contribution < -0.4 is 5.32 Å². The van der Waals surface area contributed by atoms with Crippen LogP contribution in [-0.2, 0) is 11.3 Å². The minimum Gasteiger partial charge on any atom is -0.310 e. The maximum absolute atomic E-state index is 12.0. The van der Waals surface area contributed by atoms with Crippen LogP contribution in [0.15, 0.2) is 61.3 Å². The summed E-state index contributed by atoms with van der Waals surface area (Å²) < 4.78 is 3.71. The molecule has 0 aliphatic rings. The first-order chi connectivity index (χ1) is 13.1. The van der Waals surface area contributed by atoms with Gasteiger partial charge < -0.3 is 5.32 Å². The number of imidazole rings is 1. The van der Waals surface area contributed by atoms with Gasteiger partial charge in [0.15, 0.2) is 5.65 Å². The van der Waals surface area contributed by atoms with E-state index in [4.69, 9.17) is 0 Å². The molecule has 4 aromatic rings. The number of hydrogen-bond donors (Lipinski definition) is 1. The van der Waals surface area contributed by atoms with Crippen LogP contribution in [0.2, 0.25) is 0 Å². The van der Waals surface area contributed by atoms with Gasteiger partial charge in [0, 0.05) is 23.9 Å². The van der Waals surface area contributed by atoms with Crippen molar-refractivity contribution < 1.29 is 4.79 Å². The molecule has 0 fully saturated rings. The van der Waals surface area contributed by atoms with Gasteiger partial charge in [-0.1, -0.05) is 44.2 Å². The highest BCUT2D eigenvalue weighted by Gasteiger charge is 2.12. The van der Waals surface area contributed by atoms with Gasteiger partial charge in [-0.15, -0.1) is 0 Å². The SMILES string of the molecule is CC(C)C(=O)Nc1cnc2cnc(-c3cnn(Cc4ccccc4)c3)cn12. The maximum Gasteiger partial charge on any atom is 0.228 e. The van der Waals surface area contributed by atoms with E-state index in [0.29, 0.717) is 18.0 Å². The zero-order valence-electron chi connectivity index (χ0n) is 15.2. The Hall–Kier alpha value is -3.48. The molecular weight excluding hydrogens is 340 g/mol. The second-order valence-electron chi connectivity index (χ2n) is 6.70. The van der Waals surface area contributed by atoms with Crippen LogP contribution in [0, 0.1) is 5.92 Å². The second kappa shape index (κ2) is 7.03. The Bertz CT molecular complexity index is 1080. The van der Waals surface area contributed by atoms with Crippen molar-refractivity contribution in [3.05, 3.63) is 66.9 Å². The van der Waals surface area contributed by atoms with E-state index < -0.39 is 0 Å². The first-order valence-corrected chi connectivity index (χ1v) is 8.81. The van der Waals surface area contributed by atoms with Crippen LogP contribution in [0.5, 0.6) is 0 Å². The summed E-state index contributed by atoms with van der Waals surface area (Å²) in [7, 11) is 0. The quantitative estimate of drug-likeness (QED) is 0.593. The molecule has 0 spiro atoms. The van der Waals surface area contributed by atoms with Gasteiger partial charge >= 0.3 is 0 Å². The zero-order chi connectivity index (χ0) is 18.8. The number of hydrogen-bond acceptors (Lipinski definition) is 4. The molecule has 0 aliphatic carbocycles. The predicted molar refractivity (Wildman–Crippen MR) is 103 cm³/mol. The molecule has 7 nitrogen and oxygen atoms in total. The Morgan fingerprint density at radius 1 is 1.07 bits per heavy atom. The highest BCUT2D eigenvalue weighted by molar-refractivity contribution is 5.91. The summed E-state index contributed by atoms with van der Waals surface area (Å²) in [6, 6.07) is 10.2. The van der Waals surface area contributed by atoms with Gasteiger partial charge in [-0.25, -0.2) is 4.98 Å². The van der Waals surface area contributed by atoms with Crippen molar-refractivity contribution in [1.82, 2.24) is 24.1 Å². The summed E-state index contributed by atoms with van der Waals surface area (Å²) >= 11 is 0. The van der Waals surface area contributed by atoms with Gasteiger partial charge in [0.2, 0.25) is 5.91 Å². The molecule has 1 N–H and O–H groups in total. The lowest BCUT2D eigenvalue weighted by molar-refractivity contribution is -0.118. The van der Waals surface area contributed by atoms with Crippen LogP contribution >= 0.6 is 0 Å². The lowest BCUT2D eigenvalue weighted by Gasteiger charge is -2.07. The van der Waals surface area contributed by atoms with Gasteiger partial charge in [-0.05, 0) is 5.56 Å². The molecule has 3 heterocycles. The fourth-order valence-electron chi connectivity index (χ4n) is 2.75. The second-order valence-corrected chi connectivity index (χ2v) is 6.70. The normalized spacial score (nSPS) is 11.2. The minimum atomic E-state index is -0.104. The minimum absolute atomic E-state index is 0.0501. The van der Waals surface area contributed by atoms with Gasteiger partial charge in [-0.2, -0.15) is 5.10 Å². The monoisotopic (exact) mass is 360 g/mol. The number of nitrogens with zero attached hydrogens (tertiary/aromatic N) is 5. The topological polar surface area (TPSA) is 77.1 Å². The highest BCUT2D eigenvalue weighted by Crippen LogP contribution is 2.20. The molecule has 7 heteroatoms. The van der Waals surface area contributed by atoms with Crippen LogP contribution in [0.4, 0.5) is 5.82 Å². The average molecular weight is 360 g/mol. The maximum atomic E-state index is 12.0. The molecule has 0 saturated heterocycles. The van der Waals surface area contributed by atoms with E-state index in [1.165, 1.54) is 5.56 Å². The number of nitrogens with one attached hydrogen (secondary N) is 1. The first-order valence-electron chi connectivity index (χ1n) is 8.81. The summed E-state index contributed by atoms with van der Waals surface area (Å²) in [4.78, 5) is 20.8. The molecule has 27 heavy (non-hydrogen) atoms. The number of aromatic nitrogens is 5. The Balaban J connectivity index is 1.61. The lowest BCUT2D eigenvalue weighted by Crippen LogP contribution is -2.18. The van der Waals surface area contributed by atoms with Crippen LogP contribution in [0.3, 0.4) is 0 Å². The fraction of sp³-hybridized carbons (Fsp3) is 0.200. The van der Waals surface area contributed by atoms with E-state index in [1.807, 2.05) is 53.5 Å². The number of anilines is 1. The summed E-state index contributed by atoms with van der Waals surface area (Å²) in [5, 5.41) is 7.33. The Morgan fingerprint density at radius 2 is 1.89 bits per heavy atom. The molecule has 136 valence electrons. The molecule has 4 rings (SSSR count). The van der Waals surface area contributed by atoms with Crippen molar-refractivity contribution in [3.63, 3.8) is 0 Å². The molecule has 0 bridgehead atoms. The molecule has 0 saturated carbocycles. The number of amides is 1. The van der Waals surface area contributed by atoms with Crippen LogP contribution in [0.25, 0.3) is 16.9 Å². The molecule has 0 unspecified atom stereocenters. The van der Waals surface area contributed by atoms with Crippen molar-refractivity contribution >= 4 is 17.4 Å². The fourth-order valence-corrected chi connectivity index (χ4v) is 2.75. The van der Waals surface area contributed by atoms with Crippen molar-refractivity contribution in [3.8, 4) is 11.3 Å². The van der Waals surface area contributed by atoms with Gasteiger partial charge in [0.25, 0.3) is 0 Å². The first kappa shape index (κ1) is 17.0. The number of carbonyl (C=O) groups is 1. The third-order valence-electron chi connectivity index (χ3n) is 4.29. The smallest absolute Gasteiger partial charge is 0.228 e.